The predicted octanol–water partition coefficient (Wildman–Crippen LogP) is 17.1. The second-order valence-electron chi connectivity index (χ2n) is 15.4. The smallest absolute Gasteiger partial charge is 0.0540 e. The molecule has 11 aromatic rings. The molecule has 0 aliphatic heterocycles. The summed E-state index contributed by atoms with van der Waals surface area (Å²) < 4.78 is 2.67. The number of nitrogens with one attached hydrogen (secondary N) is 1. The number of nitrogens with zero attached hydrogens (tertiary/aromatic N) is 1. The molecule has 3 heteroatoms. The van der Waals surface area contributed by atoms with E-state index in [-0.39, 0.29) is 0 Å². The quantitative estimate of drug-likeness (QED) is 0.157. The molecule has 0 bridgehead atoms. The van der Waals surface area contributed by atoms with Crippen LogP contribution in [0, 0.1) is 0 Å². The Labute approximate surface area is 360 Å². The summed E-state index contributed by atoms with van der Waals surface area (Å²) in [5.41, 5.74) is 14.9. The summed E-state index contributed by atoms with van der Waals surface area (Å²) in [5, 5.41) is 8.93. The minimum atomic E-state index is 1.04. The van der Waals surface area contributed by atoms with E-state index in [4.69, 9.17) is 0 Å². The van der Waals surface area contributed by atoms with Crippen LogP contribution in [0.25, 0.3) is 75.5 Å². The van der Waals surface area contributed by atoms with Crippen LogP contribution in [0.5, 0.6) is 0 Å². The van der Waals surface area contributed by atoms with Crippen molar-refractivity contribution >= 4 is 70.7 Å². The van der Waals surface area contributed by atoms with Gasteiger partial charge in [0.1, 0.15) is 0 Å². The Kier molecular flexibility index (Phi) is 9.42. The molecule has 11 rings (SSSR count). The van der Waals surface area contributed by atoms with Gasteiger partial charge in [-0.1, -0.05) is 188 Å². The molecular weight excluding hydrogens is 757 g/mol. The summed E-state index contributed by atoms with van der Waals surface area (Å²) in [5.74, 6) is 0. The van der Waals surface area contributed by atoms with Crippen molar-refractivity contribution in [3.63, 3.8) is 0 Å². The third-order valence-electron chi connectivity index (χ3n) is 11.7. The van der Waals surface area contributed by atoms with Crippen LogP contribution >= 0.6 is 11.3 Å². The van der Waals surface area contributed by atoms with Crippen LogP contribution in [-0.4, -0.2) is 0 Å². The second-order valence-corrected chi connectivity index (χ2v) is 16.4. The van der Waals surface area contributed by atoms with Crippen molar-refractivity contribution in [3.8, 4) is 44.5 Å². The van der Waals surface area contributed by atoms with Gasteiger partial charge in [-0.2, -0.15) is 0 Å². The Morgan fingerprint density at radius 3 is 1.64 bits per heavy atom. The highest BCUT2D eigenvalue weighted by atomic mass is 32.1. The first-order valence-electron chi connectivity index (χ1n) is 20.8. The monoisotopic (exact) mass is 796 g/mol. The predicted molar refractivity (Wildman–Crippen MR) is 263 cm³/mol. The van der Waals surface area contributed by atoms with Crippen molar-refractivity contribution in [1.29, 1.82) is 0 Å². The highest BCUT2D eigenvalue weighted by molar-refractivity contribution is 7.27. The third kappa shape index (κ3) is 6.91. The summed E-state index contributed by atoms with van der Waals surface area (Å²) in [4.78, 5) is 2.39. The molecule has 0 atom stereocenters. The maximum Gasteiger partial charge on any atom is 0.0540 e. The van der Waals surface area contributed by atoms with Crippen LogP contribution in [0.15, 0.2) is 237 Å². The van der Waals surface area contributed by atoms with E-state index in [1.165, 1.54) is 64.3 Å². The van der Waals surface area contributed by atoms with Gasteiger partial charge in [-0.15, -0.1) is 11.3 Å². The topological polar surface area (TPSA) is 15.3 Å². The Bertz CT molecular complexity index is 3310. The first-order valence-corrected chi connectivity index (χ1v) is 21.6. The first-order chi connectivity index (χ1) is 30.2. The average molecular weight is 797 g/mol. The molecular formula is C58H40N2S. The molecule has 0 saturated heterocycles. The van der Waals surface area contributed by atoms with Gasteiger partial charge in [0.2, 0.25) is 0 Å². The van der Waals surface area contributed by atoms with Crippen molar-refractivity contribution in [1.82, 2.24) is 0 Å². The van der Waals surface area contributed by atoms with Crippen molar-refractivity contribution in [3.05, 3.63) is 237 Å². The van der Waals surface area contributed by atoms with E-state index in [1.807, 2.05) is 11.3 Å². The van der Waals surface area contributed by atoms with Crippen LogP contribution in [0.1, 0.15) is 0 Å². The van der Waals surface area contributed by atoms with Crippen molar-refractivity contribution in [2.24, 2.45) is 0 Å². The molecule has 1 aromatic heterocycles. The Balaban J connectivity index is 0.961. The summed E-state index contributed by atoms with van der Waals surface area (Å²) in [7, 11) is 0. The van der Waals surface area contributed by atoms with E-state index in [1.54, 1.807) is 0 Å². The van der Waals surface area contributed by atoms with Crippen molar-refractivity contribution in [2.45, 2.75) is 0 Å². The van der Waals surface area contributed by atoms with E-state index < -0.39 is 0 Å². The van der Waals surface area contributed by atoms with Crippen LogP contribution in [0.3, 0.4) is 0 Å². The van der Waals surface area contributed by atoms with Gasteiger partial charge >= 0.3 is 0 Å². The normalized spacial score (nSPS) is 11.3. The van der Waals surface area contributed by atoms with E-state index >= 15 is 0 Å². The van der Waals surface area contributed by atoms with Gasteiger partial charge in [0, 0.05) is 54.0 Å². The molecule has 0 spiro atoms. The molecule has 2 nitrogen and oxygen atoms in total. The van der Waals surface area contributed by atoms with Gasteiger partial charge in [0.25, 0.3) is 0 Å². The van der Waals surface area contributed by atoms with Crippen LogP contribution < -0.4 is 10.2 Å². The molecule has 0 aliphatic carbocycles. The molecule has 0 fully saturated rings. The zero-order valence-electron chi connectivity index (χ0n) is 33.4. The van der Waals surface area contributed by atoms with Gasteiger partial charge in [-0.3, -0.25) is 0 Å². The molecule has 1 N–H and O–H groups in total. The van der Waals surface area contributed by atoms with Crippen LogP contribution in [-0.2, 0) is 0 Å². The number of thiophene rings is 1. The number of hydrogen-bond donors (Lipinski definition) is 1. The fourth-order valence-corrected chi connectivity index (χ4v) is 10.1. The van der Waals surface area contributed by atoms with E-state index in [2.05, 4.69) is 247 Å². The van der Waals surface area contributed by atoms with Gasteiger partial charge in [0.15, 0.2) is 0 Å². The minimum Gasteiger partial charge on any atom is -0.355 e. The van der Waals surface area contributed by atoms with Gasteiger partial charge in [0.05, 0.1) is 5.69 Å². The summed E-state index contributed by atoms with van der Waals surface area (Å²) in [6.07, 6.45) is 0. The SMILES string of the molecule is c1ccc(-c2ccccc2Nc2cccc(-c3ccc(N(c4ccc(-c5cccc6c5sc5c7ccccc7ccc65)cc4)c4ccccc4-c4ccccc4)cc3)c2)cc1. The van der Waals surface area contributed by atoms with Gasteiger partial charge in [-0.25, -0.2) is 0 Å². The van der Waals surface area contributed by atoms with Crippen LogP contribution in [0.2, 0.25) is 0 Å². The number of anilines is 5. The molecule has 288 valence electrons. The molecule has 0 radical (unpaired) electrons. The molecule has 0 aliphatic rings. The highest BCUT2D eigenvalue weighted by Gasteiger charge is 2.19. The van der Waals surface area contributed by atoms with Crippen molar-refractivity contribution in [2.75, 3.05) is 10.2 Å². The minimum absolute atomic E-state index is 1.04. The number of fused-ring (bicyclic) bond motifs is 5. The Morgan fingerprint density at radius 1 is 0.328 bits per heavy atom. The van der Waals surface area contributed by atoms with E-state index in [0.29, 0.717) is 0 Å². The van der Waals surface area contributed by atoms with E-state index in [0.717, 1.165) is 39.6 Å². The molecule has 0 amide bonds. The van der Waals surface area contributed by atoms with Crippen LogP contribution in [0.4, 0.5) is 28.4 Å². The Morgan fingerprint density at radius 2 is 0.869 bits per heavy atom. The number of benzene rings is 10. The number of rotatable bonds is 9. The zero-order chi connectivity index (χ0) is 40.5. The summed E-state index contributed by atoms with van der Waals surface area (Å²) in [6.45, 7) is 0. The van der Waals surface area contributed by atoms with Crippen molar-refractivity contribution < 1.29 is 0 Å². The fourth-order valence-electron chi connectivity index (χ4n) is 8.70. The molecule has 61 heavy (non-hydrogen) atoms. The third-order valence-corrected chi connectivity index (χ3v) is 13.0. The van der Waals surface area contributed by atoms with E-state index in [9.17, 15) is 0 Å². The standard InChI is InChI=1S/C58H40N2S/c1-3-15-41(16-4-1)49-22-9-11-27-55(49)59-46-21-13-20-45(39-46)40-29-34-47(35-30-40)60(56-28-12-10-23-50(56)42-17-5-2-6-18-42)48-36-31-44(32-37-48)52-25-14-26-53-54-38-33-43-19-7-8-24-51(43)58(54)61-57(52)53/h1-39,59H. The largest absolute Gasteiger partial charge is 0.355 e. The zero-order valence-corrected chi connectivity index (χ0v) is 34.2. The maximum absolute atomic E-state index is 3.71. The fraction of sp³-hybridized carbons (Fsp3) is 0. The number of para-hydroxylation sites is 2. The van der Waals surface area contributed by atoms with Gasteiger partial charge < -0.3 is 10.2 Å². The maximum atomic E-state index is 3.71. The molecule has 0 saturated carbocycles. The summed E-state index contributed by atoms with van der Waals surface area (Å²) in [6, 6.07) is 85.2. The molecule has 1 heterocycles. The lowest BCUT2D eigenvalue weighted by molar-refractivity contribution is 1.28. The lowest BCUT2D eigenvalue weighted by Gasteiger charge is -2.28. The lowest BCUT2D eigenvalue weighted by atomic mass is 9.99. The Hall–Kier alpha value is -7.72. The first kappa shape index (κ1) is 36.4. The molecule has 10 aromatic carbocycles. The van der Waals surface area contributed by atoms with Gasteiger partial charge in [-0.05, 0) is 92.7 Å². The average Bonchev–Trinajstić information content (AvgIpc) is 3.73. The lowest BCUT2D eigenvalue weighted by Crippen LogP contribution is -2.11. The molecule has 0 unspecified atom stereocenters. The summed E-state index contributed by atoms with van der Waals surface area (Å²) >= 11 is 1.90. The highest BCUT2D eigenvalue weighted by Crippen LogP contribution is 2.45. The number of hydrogen-bond acceptors (Lipinski definition) is 3. The second kappa shape index (κ2) is 15.8.